The van der Waals surface area contributed by atoms with Crippen LogP contribution in [-0.2, 0) is 4.74 Å². The highest BCUT2D eigenvalue weighted by molar-refractivity contribution is 5.87. The Morgan fingerprint density at radius 1 is 1.50 bits per heavy atom. The third kappa shape index (κ3) is 3.28. The van der Waals surface area contributed by atoms with E-state index in [9.17, 15) is 9.18 Å². The molecular formula is C14H18FNO2. The van der Waals surface area contributed by atoms with Gasteiger partial charge >= 0.3 is 5.97 Å². The lowest BCUT2D eigenvalue weighted by molar-refractivity contribution is 0.0132. The topological polar surface area (TPSA) is 39.2 Å². The number of hydrogen-bond donors (Lipinski definition) is 0. The second-order valence-corrected chi connectivity index (χ2v) is 4.81. The Labute approximate surface area is 106 Å². The molecule has 1 aliphatic carbocycles. The number of carbonyl (C=O) groups is 1. The quantitative estimate of drug-likeness (QED) is 0.611. The summed E-state index contributed by atoms with van der Waals surface area (Å²) in [6.45, 7) is 2.16. The molecule has 0 amide bonds. The summed E-state index contributed by atoms with van der Waals surface area (Å²) in [6.07, 6.45) is 5.19. The molecule has 1 aliphatic rings. The molecule has 0 aromatic carbocycles. The molecule has 4 heteroatoms. The molecule has 0 aliphatic heterocycles. The Hall–Kier alpha value is -1.45. The number of pyridine rings is 1. The summed E-state index contributed by atoms with van der Waals surface area (Å²) in [7, 11) is 0. The molecule has 18 heavy (non-hydrogen) atoms. The number of halogens is 1. The predicted molar refractivity (Wildman–Crippen MR) is 65.6 cm³/mol. The molecule has 0 saturated heterocycles. The zero-order valence-electron chi connectivity index (χ0n) is 10.6. The van der Waals surface area contributed by atoms with Crippen molar-refractivity contribution < 1.29 is 13.9 Å². The van der Waals surface area contributed by atoms with E-state index in [-0.39, 0.29) is 11.8 Å². The molecule has 0 spiro atoms. The molecular weight excluding hydrogens is 233 g/mol. The van der Waals surface area contributed by atoms with Gasteiger partial charge < -0.3 is 4.74 Å². The van der Waals surface area contributed by atoms with Crippen LogP contribution in [0.3, 0.4) is 0 Å². The maximum Gasteiger partial charge on any atom is 0.357 e. The minimum Gasteiger partial charge on any atom is -0.458 e. The van der Waals surface area contributed by atoms with Crippen molar-refractivity contribution in [1.29, 1.82) is 0 Å². The van der Waals surface area contributed by atoms with Crippen LogP contribution < -0.4 is 0 Å². The molecule has 0 N–H and O–H groups in total. The van der Waals surface area contributed by atoms with Crippen molar-refractivity contribution in [2.45, 2.75) is 45.1 Å². The summed E-state index contributed by atoms with van der Waals surface area (Å²) in [5.41, 5.74) is 0.0496. The van der Waals surface area contributed by atoms with E-state index in [0.717, 1.165) is 25.7 Å². The van der Waals surface area contributed by atoms with E-state index in [1.54, 1.807) is 0 Å². The second kappa shape index (κ2) is 5.94. The van der Waals surface area contributed by atoms with Crippen LogP contribution in [0.15, 0.2) is 18.2 Å². The van der Waals surface area contributed by atoms with Gasteiger partial charge in [-0.2, -0.15) is 4.39 Å². The van der Waals surface area contributed by atoms with Crippen LogP contribution in [0.5, 0.6) is 0 Å². The molecule has 2 atom stereocenters. The third-order valence-corrected chi connectivity index (χ3v) is 3.51. The number of nitrogens with zero attached hydrogens (tertiary/aromatic N) is 1. The highest BCUT2D eigenvalue weighted by atomic mass is 19.1. The lowest BCUT2D eigenvalue weighted by Crippen LogP contribution is -2.25. The van der Waals surface area contributed by atoms with Crippen molar-refractivity contribution in [3.05, 3.63) is 29.8 Å². The Morgan fingerprint density at radius 3 is 3.06 bits per heavy atom. The van der Waals surface area contributed by atoms with Crippen molar-refractivity contribution in [2.24, 2.45) is 5.92 Å². The Bertz CT molecular complexity index is 422. The third-order valence-electron chi connectivity index (χ3n) is 3.51. The smallest absolute Gasteiger partial charge is 0.357 e. The largest absolute Gasteiger partial charge is 0.458 e. The molecule has 1 saturated carbocycles. The molecule has 1 heterocycles. The van der Waals surface area contributed by atoms with Gasteiger partial charge in [0.05, 0.1) is 0 Å². The highest BCUT2D eigenvalue weighted by Crippen LogP contribution is 2.28. The molecule has 0 bridgehead atoms. The van der Waals surface area contributed by atoms with Gasteiger partial charge in [0.25, 0.3) is 0 Å². The number of esters is 1. The number of carbonyl (C=O) groups excluding carboxylic acids is 1. The molecule has 1 aromatic heterocycles. The van der Waals surface area contributed by atoms with Gasteiger partial charge in [-0.15, -0.1) is 0 Å². The summed E-state index contributed by atoms with van der Waals surface area (Å²) < 4.78 is 18.3. The summed E-state index contributed by atoms with van der Waals surface area (Å²) in [6, 6.07) is 4.16. The van der Waals surface area contributed by atoms with Gasteiger partial charge in [-0.25, -0.2) is 9.78 Å². The van der Waals surface area contributed by atoms with Crippen molar-refractivity contribution in [2.75, 3.05) is 0 Å². The first-order valence-corrected chi connectivity index (χ1v) is 6.52. The average Bonchev–Trinajstić information content (AvgIpc) is 2.39. The van der Waals surface area contributed by atoms with Gasteiger partial charge in [-0.1, -0.05) is 25.8 Å². The maximum absolute atomic E-state index is 12.9. The molecule has 2 rings (SSSR count). The van der Waals surface area contributed by atoms with Gasteiger partial charge in [0.2, 0.25) is 5.95 Å². The van der Waals surface area contributed by atoms with Crippen LogP contribution in [0, 0.1) is 11.9 Å². The number of aromatic nitrogens is 1. The minimum atomic E-state index is -0.653. The normalized spacial score (nSPS) is 23.7. The van der Waals surface area contributed by atoms with Gasteiger partial charge in [0.15, 0.2) is 5.69 Å². The molecule has 2 unspecified atom stereocenters. The SMILES string of the molecule is CCC1CCCC(OC(=O)c2cccc(F)n2)C1. The van der Waals surface area contributed by atoms with Crippen LogP contribution in [0.25, 0.3) is 0 Å². The van der Waals surface area contributed by atoms with Crippen LogP contribution in [0.1, 0.15) is 49.5 Å². The molecule has 98 valence electrons. The Kier molecular flexibility index (Phi) is 4.28. The summed E-state index contributed by atoms with van der Waals surface area (Å²) in [5, 5.41) is 0. The second-order valence-electron chi connectivity index (χ2n) is 4.81. The lowest BCUT2D eigenvalue weighted by Gasteiger charge is -2.28. The summed E-state index contributed by atoms with van der Waals surface area (Å²) in [4.78, 5) is 15.3. The van der Waals surface area contributed by atoms with Gasteiger partial charge in [0.1, 0.15) is 6.10 Å². The first-order chi connectivity index (χ1) is 8.69. The van der Waals surface area contributed by atoms with Crippen molar-refractivity contribution in [3.8, 4) is 0 Å². The number of hydrogen-bond acceptors (Lipinski definition) is 3. The Balaban J connectivity index is 1.95. The van der Waals surface area contributed by atoms with E-state index in [1.165, 1.54) is 24.6 Å². The molecule has 0 radical (unpaired) electrons. The van der Waals surface area contributed by atoms with Crippen LogP contribution >= 0.6 is 0 Å². The van der Waals surface area contributed by atoms with E-state index in [0.29, 0.717) is 5.92 Å². The standard InChI is InChI=1S/C14H18FNO2/c1-2-10-5-3-6-11(9-10)18-14(17)12-7-4-8-13(15)16-12/h4,7-8,10-11H,2-3,5-6,9H2,1H3. The first kappa shape index (κ1) is 13.0. The van der Waals surface area contributed by atoms with E-state index >= 15 is 0 Å². The van der Waals surface area contributed by atoms with E-state index in [2.05, 4.69) is 11.9 Å². The average molecular weight is 251 g/mol. The summed E-state index contributed by atoms with van der Waals surface area (Å²) >= 11 is 0. The highest BCUT2D eigenvalue weighted by Gasteiger charge is 2.24. The van der Waals surface area contributed by atoms with E-state index in [4.69, 9.17) is 4.74 Å². The monoisotopic (exact) mass is 251 g/mol. The van der Waals surface area contributed by atoms with Gasteiger partial charge in [-0.3, -0.25) is 0 Å². The number of rotatable bonds is 3. The number of ether oxygens (including phenoxy) is 1. The fraction of sp³-hybridized carbons (Fsp3) is 0.571. The molecule has 1 fully saturated rings. The van der Waals surface area contributed by atoms with Crippen LogP contribution in [0.4, 0.5) is 4.39 Å². The maximum atomic E-state index is 12.9. The zero-order valence-corrected chi connectivity index (χ0v) is 10.6. The van der Waals surface area contributed by atoms with Crippen molar-refractivity contribution in [3.63, 3.8) is 0 Å². The fourth-order valence-electron chi connectivity index (χ4n) is 2.45. The van der Waals surface area contributed by atoms with Gasteiger partial charge in [-0.05, 0) is 37.3 Å². The van der Waals surface area contributed by atoms with Crippen molar-refractivity contribution >= 4 is 5.97 Å². The zero-order chi connectivity index (χ0) is 13.0. The van der Waals surface area contributed by atoms with Crippen molar-refractivity contribution in [1.82, 2.24) is 4.98 Å². The van der Waals surface area contributed by atoms with Crippen LogP contribution in [-0.4, -0.2) is 17.1 Å². The van der Waals surface area contributed by atoms with E-state index < -0.39 is 11.9 Å². The fourth-order valence-corrected chi connectivity index (χ4v) is 2.45. The van der Waals surface area contributed by atoms with Gasteiger partial charge in [0, 0.05) is 0 Å². The Morgan fingerprint density at radius 2 is 2.33 bits per heavy atom. The van der Waals surface area contributed by atoms with Crippen LogP contribution in [0.2, 0.25) is 0 Å². The summed E-state index contributed by atoms with van der Waals surface area (Å²) in [5.74, 6) is -0.534. The predicted octanol–water partition coefficient (Wildman–Crippen LogP) is 3.35. The molecule has 3 nitrogen and oxygen atoms in total. The van der Waals surface area contributed by atoms with E-state index in [1.807, 2.05) is 0 Å². The lowest BCUT2D eigenvalue weighted by atomic mass is 9.85. The molecule has 1 aromatic rings. The minimum absolute atomic E-state index is 0.0405. The first-order valence-electron chi connectivity index (χ1n) is 6.52.